The number of carbonyl (C=O) groups excluding carboxylic acids is 1. The molecule has 0 amide bonds. The first-order valence-corrected chi connectivity index (χ1v) is 8.10. The Bertz CT molecular complexity index is 842. The van der Waals surface area contributed by atoms with Gasteiger partial charge in [0.25, 0.3) is 0 Å². The average molecular weight is 332 g/mol. The number of methoxy groups -OCH3 is 2. The Labute approximate surface area is 147 Å². The second-order valence-corrected chi connectivity index (χ2v) is 5.68. The number of carbonyl (C=O) groups is 1. The summed E-state index contributed by atoms with van der Waals surface area (Å²) >= 11 is 0. The normalized spacial score (nSPS) is 11.6. The lowest BCUT2D eigenvalue weighted by molar-refractivity contribution is 0.0972. The highest BCUT2D eigenvalue weighted by molar-refractivity contribution is 6.03. The van der Waals surface area contributed by atoms with E-state index in [2.05, 4.69) is 0 Å². The van der Waals surface area contributed by atoms with Crippen LogP contribution < -0.4 is 9.47 Å². The van der Waals surface area contributed by atoms with Crippen molar-refractivity contribution in [1.82, 2.24) is 0 Å². The number of hydrogen-bond donors (Lipinski definition) is 0. The van der Waals surface area contributed by atoms with Gasteiger partial charge in [-0.2, -0.15) is 0 Å². The summed E-state index contributed by atoms with van der Waals surface area (Å²) in [4.78, 5) is 13.3. The predicted octanol–water partition coefficient (Wildman–Crippen LogP) is 4.72. The molecule has 0 fully saturated rings. The van der Waals surface area contributed by atoms with Crippen molar-refractivity contribution >= 4 is 5.78 Å². The van der Waals surface area contributed by atoms with Gasteiger partial charge in [0.1, 0.15) is 11.5 Å². The highest BCUT2D eigenvalue weighted by atomic mass is 16.5. The molecule has 3 nitrogen and oxygen atoms in total. The van der Waals surface area contributed by atoms with Gasteiger partial charge in [-0.15, -0.1) is 0 Å². The fourth-order valence-electron chi connectivity index (χ4n) is 2.95. The van der Waals surface area contributed by atoms with Crippen molar-refractivity contribution in [3.05, 3.63) is 95.6 Å². The molecule has 3 aromatic carbocycles. The first kappa shape index (κ1) is 16.8. The Morgan fingerprint density at radius 2 is 1.44 bits per heavy atom. The van der Waals surface area contributed by atoms with Crippen LogP contribution in [-0.4, -0.2) is 20.0 Å². The molecule has 0 bridgehead atoms. The molecule has 3 heteroatoms. The van der Waals surface area contributed by atoms with Crippen molar-refractivity contribution in [2.75, 3.05) is 14.2 Å². The molecular weight excluding hydrogens is 312 g/mol. The molecule has 0 N–H and O–H groups in total. The second-order valence-electron chi connectivity index (χ2n) is 5.68. The van der Waals surface area contributed by atoms with E-state index in [1.54, 1.807) is 14.2 Å². The largest absolute Gasteiger partial charge is 0.497 e. The smallest absolute Gasteiger partial charge is 0.174 e. The molecule has 126 valence electrons. The number of ketones is 1. The van der Waals surface area contributed by atoms with E-state index >= 15 is 0 Å². The summed E-state index contributed by atoms with van der Waals surface area (Å²) in [5, 5.41) is 0. The lowest BCUT2D eigenvalue weighted by atomic mass is 9.84. The second kappa shape index (κ2) is 7.67. The molecule has 0 aliphatic carbocycles. The molecule has 0 aliphatic rings. The average Bonchev–Trinajstić information content (AvgIpc) is 2.69. The SMILES string of the molecule is COc1ccc(OC)c(C(C(=O)c2ccccc2)c2ccccc2)c1. The van der Waals surface area contributed by atoms with Gasteiger partial charge < -0.3 is 9.47 Å². The number of ether oxygens (including phenoxy) is 2. The zero-order valence-electron chi connectivity index (χ0n) is 14.3. The number of benzene rings is 3. The summed E-state index contributed by atoms with van der Waals surface area (Å²) in [5.41, 5.74) is 2.38. The third-order valence-electron chi connectivity index (χ3n) is 4.20. The van der Waals surface area contributed by atoms with Crippen molar-refractivity contribution in [3.63, 3.8) is 0 Å². The number of Topliss-reactive ketones (excluding diaryl/α,β-unsaturated/α-hetero) is 1. The van der Waals surface area contributed by atoms with Crippen LogP contribution in [0.15, 0.2) is 78.9 Å². The number of rotatable bonds is 6. The quantitative estimate of drug-likeness (QED) is 0.613. The van der Waals surface area contributed by atoms with E-state index in [9.17, 15) is 4.79 Å². The minimum Gasteiger partial charge on any atom is -0.497 e. The van der Waals surface area contributed by atoms with E-state index in [-0.39, 0.29) is 5.78 Å². The monoisotopic (exact) mass is 332 g/mol. The predicted molar refractivity (Wildman–Crippen MR) is 98.6 cm³/mol. The molecule has 0 saturated carbocycles. The molecule has 3 aromatic rings. The fourth-order valence-corrected chi connectivity index (χ4v) is 2.95. The van der Waals surface area contributed by atoms with Crippen LogP contribution in [0.25, 0.3) is 0 Å². The molecule has 0 radical (unpaired) electrons. The van der Waals surface area contributed by atoms with Crippen molar-refractivity contribution in [2.24, 2.45) is 0 Å². The maximum atomic E-state index is 13.3. The minimum atomic E-state index is -0.464. The van der Waals surface area contributed by atoms with E-state index in [0.29, 0.717) is 17.1 Å². The Hall–Kier alpha value is -3.07. The van der Waals surface area contributed by atoms with E-state index < -0.39 is 5.92 Å². The summed E-state index contributed by atoms with van der Waals surface area (Å²) in [7, 11) is 3.22. The molecule has 1 unspecified atom stereocenters. The Balaban J connectivity index is 2.17. The van der Waals surface area contributed by atoms with Crippen LogP contribution in [0.4, 0.5) is 0 Å². The molecule has 0 saturated heterocycles. The van der Waals surface area contributed by atoms with Crippen LogP contribution in [0.5, 0.6) is 11.5 Å². The Morgan fingerprint density at radius 1 is 0.800 bits per heavy atom. The topological polar surface area (TPSA) is 35.5 Å². The van der Waals surface area contributed by atoms with Gasteiger partial charge in [-0.05, 0) is 23.8 Å². The van der Waals surface area contributed by atoms with E-state index in [1.165, 1.54) is 0 Å². The third kappa shape index (κ3) is 3.56. The molecular formula is C22H20O3. The lowest BCUT2D eigenvalue weighted by Gasteiger charge is -2.20. The Morgan fingerprint density at radius 3 is 2.04 bits per heavy atom. The van der Waals surface area contributed by atoms with E-state index in [4.69, 9.17) is 9.47 Å². The van der Waals surface area contributed by atoms with Gasteiger partial charge in [-0.1, -0.05) is 60.7 Å². The van der Waals surface area contributed by atoms with Crippen molar-refractivity contribution in [2.45, 2.75) is 5.92 Å². The van der Waals surface area contributed by atoms with Crippen LogP contribution in [-0.2, 0) is 0 Å². The van der Waals surface area contributed by atoms with Gasteiger partial charge >= 0.3 is 0 Å². The van der Waals surface area contributed by atoms with E-state index in [0.717, 1.165) is 11.1 Å². The maximum Gasteiger partial charge on any atom is 0.174 e. The van der Waals surface area contributed by atoms with Crippen LogP contribution in [0.3, 0.4) is 0 Å². The molecule has 1 atom stereocenters. The van der Waals surface area contributed by atoms with Gasteiger partial charge in [0.2, 0.25) is 0 Å². The van der Waals surface area contributed by atoms with Crippen LogP contribution in [0.1, 0.15) is 27.4 Å². The molecule has 0 aliphatic heterocycles. The summed E-state index contributed by atoms with van der Waals surface area (Å²) in [5.74, 6) is 0.920. The summed E-state index contributed by atoms with van der Waals surface area (Å²) in [6.45, 7) is 0. The van der Waals surface area contributed by atoms with Gasteiger partial charge in [0.15, 0.2) is 5.78 Å². The molecule has 25 heavy (non-hydrogen) atoms. The molecule has 0 aromatic heterocycles. The first-order valence-electron chi connectivity index (χ1n) is 8.10. The fraction of sp³-hybridized carbons (Fsp3) is 0.136. The third-order valence-corrected chi connectivity index (χ3v) is 4.20. The zero-order valence-corrected chi connectivity index (χ0v) is 14.3. The van der Waals surface area contributed by atoms with Crippen molar-refractivity contribution in [1.29, 1.82) is 0 Å². The molecule has 0 heterocycles. The number of hydrogen-bond acceptors (Lipinski definition) is 3. The minimum absolute atomic E-state index is 0.0263. The van der Waals surface area contributed by atoms with Crippen LogP contribution in [0.2, 0.25) is 0 Å². The van der Waals surface area contributed by atoms with Gasteiger partial charge in [-0.25, -0.2) is 0 Å². The highest BCUT2D eigenvalue weighted by Gasteiger charge is 2.27. The lowest BCUT2D eigenvalue weighted by Crippen LogP contribution is -2.15. The van der Waals surface area contributed by atoms with Crippen LogP contribution >= 0.6 is 0 Å². The summed E-state index contributed by atoms with van der Waals surface area (Å²) in [6, 6.07) is 24.6. The van der Waals surface area contributed by atoms with Gasteiger partial charge in [0, 0.05) is 11.1 Å². The summed E-state index contributed by atoms with van der Waals surface area (Å²) in [6.07, 6.45) is 0. The van der Waals surface area contributed by atoms with E-state index in [1.807, 2.05) is 78.9 Å². The summed E-state index contributed by atoms with van der Waals surface area (Å²) < 4.78 is 10.9. The maximum absolute atomic E-state index is 13.3. The highest BCUT2D eigenvalue weighted by Crippen LogP contribution is 2.36. The van der Waals surface area contributed by atoms with Gasteiger partial charge in [-0.3, -0.25) is 4.79 Å². The van der Waals surface area contributed by atoms with Crippen LogP contribution in [0, 0.1) is 0 Å². The first-order chi connectivity index (χ1) is 12.2. The Kier molecular flexibility index (Phi) is 5.14. The molecule has 3 rings (SSSR count). The van der Waals surface area contributed by atoms with Crippen molar-refractivity contribution < 1.29 is 14.3 Å². The van der Waals surface area contributed by atoms with Crippen molar-refractivity contribution in [3.8, 4) is 11.5 Å². The molecule has 0 spiro atoms. The standard InChI is InChI=1S/C22H20O3/c1-24-18-13-14-20(25-2)19(15-18)21(16-9-5-3-6-10-16)22(23)17-11-7-4-8-12-17/h3-15,21H,1-2H3. The van der Waals surface area contributed by atoms with Gasteiger partial charge in [0.05, 0.1) is 20.1 Å². The zero-order chi connectivity index (χ0) is 17.6.